The standard InChI is InChI=1S/C24H27N5O3/c1-23(2,3)32-22(31)28-13-17(14-28)27-16-9-18(12-26-11-16)29-21(30)19-7-6-15(10-25)8-20(19)24(29,4)5/h6-9,11-12,17,27H,13-14H2,1-5H3. The normalized spacial score (nSPS) is 17.4. The summed E-state index contributed by atoms with van der Waals surface area (Å²) in [5.41, 5.74) is 2.25. The van der Waals surface area contributed by atoms with Crippen LogP contribution in [-0.4, -0.2) is 46.6 Å². The first-order valence-corrected chi connectivity index (χ1v) is 10.6. The molecule has 1 saturated heterocycles. The number of anilines is 2. The fraction of sp³-hybridized carbons (Fsp3) is 0.417. The molecule has 1 fully saturated rings. The Labute approximate surface area is 187 Å². The van der Waals surface area contributed by atoms with Gasteiger partial charge in [-0.3, -0.25) is 14.7 Å². The lowest BCUT2D eigenvalue weighted by Crippen LogP contribution is -2.57. The highest BCUT2D eigenvalue weighted by atomic mass is 16.6. The molecule has 8 nitrogen and oxygen atoms in total. The fourth-order valence-electron chi connectivity index (χ4n) is 4.15. The molecule has 4 rings (SSSR count). The molecule has 2 aliphatic rings. The molecule has 1 aromatic heterocycles. The van der Waals surface area contributed by atoms with E-state index in [1.165, 1.54) is 0 Å². The minimum Gasteiger partial charge on any atom is -0.444 e. The number of benzene rings is 1. The number of hydrogen-bond acceptors (Lipinski definition) is 6. The zero-order chi connectivity index (χ0) is 23.3. The van der Waals surface area contributed by atoms with E-state index >= 15 is 0 Å². The largest absolute Gasteiger partial charge is 0.444 e. The maximum absolute atomic E-state index is 13.2. The molecule has 166 valence electrons. The summed E-state index contributed by atoms with van der Waals surface area (Å²) in [6.45, 7) is 10.5. The third-order valence-electron chi connectivity index (χ3n) is 5.69. The van der Waals surface area contributed by atoms with Crippen molar-refractivity contribution in [1.29, 1.82) is 5.26 Å². The number of nitrogens with one attached hydrogen (secondary N) is 1. The average Bonchev–Trinajstić information content (AvgIpc) is 2.88. The van der Waals surface area contributed by atoms with Crippen LogP contribution in [-0.2, 0) is 10.3 Å². The molecule has 32 heavy (non-hydrogen) atoms. The van der Waals surface area contributed by atoms with Crippen molar-refractivity contribution in [3.05, 3.63) is 53.3 Å². The third-order valence-corrected chi connectivity index (χ3v) is 5.69. The zero-order valence-corrected chi connectivity index (χ0v) is 19.0. The van der Waals surface area contributed by atoms with Crippen molar-refractivity contribution in [3.8, 4) is 6.07 Å². The SMILES string of the molecule is CC(C)(C)OC(=O)N1CC(Nc2cncc(N3C(=O)c4ccc(C#N)cc4C3(C)C)c2)C1. The van der Waals surface area contributed by atoms with Gasteiger partial charge in [0, 0.05) is 18.7 Å². The van der Waals surface area contributed by atoms with Crippen LogP contribution in [0.15, 0.2) is 36.7 Å². The molecule has 0 bridgehead atoms. The van der Waals surface area contributed by atoms with Crippen LogP contribution in [0.4, 0.5) is 16.2 Å². The van der Waals surface area contributed by atoms with Crippen LogP contribution in [0.3, 0.4) is 0 Å². The van der Waals surface area contributed by atoms with Crippen molar-refractivity contribution in [2.75, 3.05) is 23.3 Å². The van der Waals surface area contributed by atoms with E-state index in [-0.39, 0.29) is 18.0 Å². The summed E-state index contributed by atoms with van der Waals surface area (Å²) in [6, 6.07) is 9.27. The Morgan fingerprint density at radius 3 is 2.62 bits per heavy atom. The van der Waals surface area contributed by atoms with Gasteiger partial charge in [-0.2, -0.15) is 5.26 Å². The number of nitriles is 1. The van der Waals surface area contributed by atoms with Crippen molar-refractivity contribution in [2.24, 2.45) is 0 Å². The lowest BCUT2D eigenvalue weighted by Gasteiger charge is -2.40. The smallest absolute Gasteiger partial charge is 0.410 e. The Hall–Kier alpha value is -3.60. The minimum absolute atomic E-state index is 0.0808. The van der Waals surface area contributed by atoms with Gasteiger partial charge in [0.05, 0.1) is 47.0 Å². The quantitative estimate of drug-likeness (QED) is 0.789. The van der Waals surface area contributed by atoms with Crippen molar-refractivity contribution < 1.29 is 14.3 Å². The van der Waals surface area contributed by atoms with Gasteiger partial charge in [-0.15, -0.1) is 0 Å². The number of aromatic nitrogens is 1. The lowest BCUT2D eigenvalue weighted by molar-refractivity contribution is 0.0105. The Kier molecular flexibility index (Phi) is 5.08. The van der Waals surface area contributed by atoms with Gasteiger partial charge in [-0.1, -0.05) is 0 Å². The van der Waals surface area contributed by atoms with Gasteiger partial charge >= 0.3 is 6.09 Å². The predicted octanol–water partition coefficient (Wildman–Crippen LogP) is 3.88. The molecule has 0 aliphatic carbocycles. The highest BCUT2D eigenvalue weighted by Crippen LogP contribution is 2.42. The second-order valence-corrected chi connectivity index (χ2v) is 9.73. The van der Waals surface area contributed by atoms with Crippen molar-refractivity contribution >= 4 is 23.4 Å². The van der Waals surface area contributed by atoms with Crippen molar-refractivity contribution in [1.82, 2.24) is 9.88 Å². The van der Waals surface area contributed by atoms with Crippen LogP contribution in [0, 0.1) is 11.3 Å². The molecule has 8 heteroatoms. The number of amides is 2. The third kappa shape index (κ3) is 3.86. The van der Waals surface area contributed by atoms with E-state index < -0.39 is 11.1 Å². The van der Waals surface area contributed by atoms with Gasteiger partial charge in [0.1, 0.15) is 5.60 Å². The number of likely N-dealkylation sites (tertiary alicyclic amines) is 1. The maximum atomic E-state index is 13.2. The molecule has 2 aliphatic heterocycles. The van der Waals surface area contributed by atoms with Crippen LogP contribution in [0.25, 0.3) is 0 Å². The summed E-state index contributed by atoms with van der Waals surface area (Å²) >= 11 is 0. The second-order valence-electron chi connectivity index (χ2n) is 9.73. The molecule has 3 heterocycles. The van der Waals surface area contributed by atoms with Crippen LogP contribution in [0.2, 0.25) is 0 Å². The summed E-state index contributed by atoms with van der Waals surface area (Å²) in [4.78, 5) is 33.0. The monoisotopic (exact) mass is 433 g/mol. The zero-order valence-electron chi connectivity index (χ0n) is 19.0. The van der Waals surface area contributed by atoms with E-state index in [2.05, 4.69) is 16.4 Å². The summed E-state index contributed by atoms with van der Waals surface area (Å²) in [5.74, 6) is -0.117. The number of fused-ring (bicyclic) bond motifs is 1. The molecule has 0 atom stereocenters. The molecular formula is C24H27N5O3. The molecule has 1 N–H and O–H groups in total. The van der Waals surface area contributed by atoms with Crippen molar-refractivity contribution in [3.63, 3.8) is 0 Å². The van der Waals surface area contributed by atoms with E-state index in [1.54, 1.807) is 40.4 Å². The number of nitrogens with zero attached hydrogens (tertiary/aromatic N) is 4. The van der Waals surface area contributed by atoms with Gasteiger partial charge in [-0.25, -0.2) is 4.79 Å². The molecule has 2 amide bonds. The maximum Gasteiger partial charge on any atom is 0.410 e. The molecule has 0 spiro atoms. The van der Waals surface area contributed by atoms with E-state index in [0.29, 0.717) is 29.9 Å². The van der Waals surface area contributed by atoms with Gasteiger partial charge < -0.3 is 15.0 Å². The van der Waals surface area contributed by atoms with Crippen LogP contribution >= 0.6 is 0 Å². The summed E-state index contributed by atoms with van der Waals surface area (Å²) < 4.78 is 5.39. The van der Waals surface area contributed by atoms with E-state index in [4.69, 9.17) is 4.74 Å². The van der Waals surface area contributed by atoms with Crippen LogP contribution < -0.4 is 10.2 Å². The molecule has 0 saturated carbocycles. The Bertz CT molecular complexity index is 1120. The number of rotatable bonds is 3. The first-order valence-electron chi connectivity index (χ1n) is 10.6. The Balaban J connectivity index is 1.48. The Morgan fingerprint density at radius 1 is 1.25 bits per heavy atom. The molecule has 0 radical (unpaired) electrons. The molecular weight excluding hydrogens is 406 g/mol. The van der Waals surface area contributed by atoms with Gasteiger partial charge in [0.15, 0.2) is 0 Å². The van der Waals surface area contributed by atoms with E-state index in [0.717, 1.165) is 11.3 Å². The summed E-state index contributed by atoms with van der Waals surface area (Å²) in [5, 5.41) is 12.6. The topological polar surface area (TPSA) is 98.6 Å². The highest BCUT2D eigenvalue weighted by Gasteiger charge is 2.44. The first kappa shape index (κ1) is 21.6. The van der Waals surface area contributed by atoms with Gasteiger partial charge in [0.25, 0.3) is 5.91 Å². The number of pyridine rings is 1. The minimum atomic E-state index is -0.621. The molecule has 0 unspecified atom stereocenters. The van der Waals surface area contributed by atoms with Gasteiger partial charge in [-0.05, 0) is 64.4 Å². The average molecular weight is 434 g/mol. The van der Waals surface area contributed by atoms with Crippen LogP contribution in [0.1, 0.15) is 56.1 Å². The lowest BCUT2D eigenvalue weighted by atomic mass is 9.92. The number of carbonyl (C=O) groups is 2. The second kappa shape index (κ2) is 7.52. The van der Waals surface area contributed by atoms with Crippen LogP contribution in [0.5, 0.6) is 0 Å². The van der Waals surface area contributed by atoms with Gasteiger partial charge in [0.2, 0.25) is 0 Å². The molecule has 2 aromatic rings. The predicted molar refractivity (Wildman–Crippen MR) is 120 cm³/mol. The number of carbonyl (C=O) groups excluding carboxylic acids is 2. The molecule has 1 aromatic carbocycles. The van der Waals surface area contributed by atoms with E-state index in [9.17, 15) is 14.9 Å². The fourth-order valence-corrected chi connectivity index (χ4v) is 4.15. The Morgan fingerprint density at radius 2 is 1.97 bits per heavy atom. The van der Waals surface area contributed by atoms with E-state index in [1.807, 2.05) is 40.7 Å². The summed E-state index contributed by atoms with van der Waals surface area (Å²) in [7, 11) is 0. The highest BCUT2D eigenvalue weighted by molar-refractivity contribution is 6.12. The number of ether oxygens (including phenoxy) is 1. The first-order chi connectivity index (χ1) is 15.0. The summed E-state index contributed by atoms with van der Waals surface area (Å²) in [6.07, 6.45) is 3.05. The number of hydrogen-bond donors (Lipinski definition) is 1. The van der Waals surface area contributed by atoms with Crippen molar-refractivity contribution in [2.45, 2.75) is 51.8 Å².